The van der Waals surface area contributed by atoms with Crippen LogP contribution in [0.4, 0.5) is 0 Å². The molecule has 0 aliphatic heterocycles. The number of hydrogen-bond acceptors (Lipinski definition) is 2. The van der Waals surface area contributed by atoms with Gasteiger partial charge in [0, 0.05) is 24.6 Å². The van der Waals surface area contributed by atoms with Crippen LogP contribution < -0.4 is 11.1 Å². The molecule has 3 aliphatic rings. The molecule has 0 amide bonds. The first-order chi connectivity index (χ1) is 10.4. The maximum Gasteiger partial charge on any atom is 0.331 e. The molecule has 4 N–H and O–H groups in total. The van der Waals surface area contributed by atoms with E-state index in [0.29, 0.717) is 29.8 Å². The number of hydrogen-bond donors (Lipinski definition) is 3. The molecule has 3 rings (SSSR count). The summed E-state index contributed by atoms with van der Waals surface area (Å²) in [6.07, 6.45) is 5.03. The number of nitrogens with two attached hydrogens (primary N) is 1. The lowest BCUT2D eigenvalue weighted by Crippen LogP contribution is -2.53. The Labute approximate surface area is 132 Å². The van der Waals surface area contributed by atoms with Gasteiger partial charge in [-0.1, -0.05) is 19.4 Å². The van der Waals surface area contributed by atoms with Gasteiger partial charge in [-0.2, -0.15) is 0 Å². The summed E-state index contributed by atoms with van der Waals surface area (Å²) in [6, 6.07) is 0. The molecule has 0 radical (unpaired) electrons. The van der Waals surface area contributed by atoms with Crippen LogP contribution in [0.1, 0.15) is 46.0 Å². The van der Waals surface area contributed by atoms with Crippen LogP contribution >= 0.6 is 0 Å². The van der Waals surface area contributed by atoms with Gasteiger partial charge in [0.1, 0.15) is 0 Å². The fraction of sp³-hybridized carbons (Fsp3) is 0.765. The smallest absolute Gasteiger partial charge is 0.331 e. The van der Waals surface area contributed by atoms with Crippen molar-refractivity contribution in [3.63, 3.8) is 0 Å². The van der Waals surface area contributed by atoms with Crippen LogP contribution in [0.5, 0.6) is 0 Å². The molecule has 5 heteroatoms. The molecule has 2 bridgehead atoms. The largest absolute Gasteiger partial charge is 0.478 e. The van der Waals surface area contributed by atoms with Crippen molar-refractivity contribution in [3.8, 4) is 0 Å². The van der Waals surface area contributed by atoms with Crippen molar-refractivity contribution < 1.29 is 9.90 Å². The highest BCUT2D eigenvalue weighted by Crippen LogP contribution is 2.72. The number of guanidine groups is 1. The number of carboxylic acids is 1. The van der Waals surface area contributed by atoms with Crippen molar-refractivity contribution in [2.45, 2.75) is 46.0 Å². The minimum Gasteiger partial charge on any atom is -0.478 e. The van der Waals surface area contributed by atoms with Gasteiger partial charge in [0.15, 0.2) is 5.96 Å². The fourth-order valence-corrected chi connectivity index (χ4v) is 5.78. The molecule has 4 atom stereocenters. The summed E-state index contributed by atoms with van der Waals surface area (Å²) in [5.41, 5.74) is 7.87. The minimum absolute atomic E-state index is 0.0324. The second kappa shape index (κ2) is 5.00. The van der Waals surface area contributed by atoms with E-state index in [0.717, 1.165) is 19.4 Å². The number of nitrogens with one attached hydrogen (secondary N) is 1. The summed E-state index contributed by atoms with van der Waals surface area (Å²) in [7, 11) is 1.69. The normalized spacial score (nSPS) is 40.8. The molecule has 122 valence electrons. The molecular formula is C17H27N3O2. The number of aliphatic imine (C=N–C) groups is 1. The molecule has 0 saturated heterocycles. The summed E-state index contributed by atoms with van der Waals surface area (Å²) in [6.45, 7) is 5.42. The van der Waals surface area contributed by atoms with Gasteiger partial charge >= 0.3 is 5.97 Å². The first-order valence-electron chi connectivity index (χ1n) is 8.28. The van der Waals surface area contributed by atoms with Crippen molar-refractivity contribution in [3.05, 3.63) is 11.1 Å². The average molecular weight is 305 g/mol. The zero-order chi connectivity index (χ0) is 16.1. The molecule has 2 saturated carbocycles. The molecule has 0 aromatic heterocycles. The Kier molecular flexibility index (Phi) is 3.49. The van der Waals surface area contributed by atoms with Gasteiger partial charge in [-0.3, -0.25) is 4.99 Å². The summed E-state index contributed by atoms with van der Waals surface area (Å²) in [5.74, 6) is 0.837. The minimum atomic E-state index is -0.712. The summed E-state index contributed by atoms with van der Waals surface area (Å²) in [4.78, 5) is 15.6. The molecular weight excluding hydrogens is 278 g/mol. The molecule has 1 spiro atoms. The number of allylic oxidation sites excluding steroid dienone is 1. The topological polar surface area (TPSA) is 87.7 Å². The van der Waals surface area contributed by atoms with Gasteiger partial charge in [-0.25, -0.2) is 4.79 Å². The SMILES string of the molecule is CN=C(N)NCC1(C)C2CCC(C)C13CCC(C(=O)O)=C3C2. The van der Waals surface area contributed by atoms with Crippen molar-refractivity contribution in [2.24, 2.45) is 33.4 Å². The Balaban J connectivity index is 2.03. The van der Waals surface area contributed by atoms with Gasteiger partial charge in [0.2, 0.25) is 0 Å². The highest BCUT2D eigenvalue weighted by molar-refractivity contribution is 5.89. The van der Waals surface area contributed by atoms with E-state index >= 15 is 0 Å². The Morgan fingerprint density at radius 3 is 2.86 bits per heavy atom. The zero-order valence-electron chi connectivity index (χ0n) is 13.8. The predicted molar refractivity (Wildman–Crippen MR) is 86.5 cm³/mol. The van der Waals surface area contributed by atoms with E-state index in [2.05, 4.69) is 24.2 Å². The summed E-state index contributed by atoms with van der Waals surface area (Å²) < 4.78 is 0. The second-order valence-electron chi connectivity index (χ2n) is 7.49. The molecule has 0 aromatic rings. The number of rotatable bonds is 3. The molecule has 2 fully saturated rings. The zero-order valence-corrected chi connectivity index (χ0v) is 13.8. The van der Waals surface area contributed by atoms with Crippen molar-refractivity contribution in [1.29, 1.82) is 0 Å². The molecule has 3 aliphatic carbocycles. The Hall–Kier alpha value is -1.52. The van der Waals surface area contributed by atoms with Crippen LogP contribution in [0.25, 0.3) is 0 Å². The lowest BCUT2D eigenvalue weighted by Gasteiger charge is -2.53. The van der Waals surface area contributed by atoms with Crippen LogP contribution in [-0.4, -0.2) is 30.6 Å². The van der Waals surface area contributed by atoms with E-state index in [4.69, 9.17) is 5.73 Å². The van der Waals surface area contributed by atoms with Gasteiger partial charge in [-0.15, -0.1) is 0 Å². The van der Waals surface area contributed by atoms with Gasteiger partial charge in [-0.05, 0) is 49.4 Å². The van der Waals surface area contributed by atoms with Crippen LogP contribution in [0.3, 0.4) is 0 Å². The van der Waals surface area contributed by atoms with E-state index in [9.17, 15) is 9.90 Å². The maximum atomic E-state index is 11.6. The quantitative estimate of drug-likeness (QED) is 0.550. The Morgan fingerprint density at radius 2 is 2.23 bits per heavy atom. The van der Waals surface area contributed by atoms with Crippen molar-refractivity contribution in [1.82, 2.24) is 5.32 Å². The third kappa shape index (κ3) is 1.77. The van der Waals surface area contributed by atoms with E-state index in [1.54, 1.807) is 7.05 Å². The Bertz CT molecular complexity index is 568. The lowest BCUT2D eigenvalue weighted by molar-refractivity contribution is -0.132. The third-order valence-corrected chi connectivity index (χ3v) is 6.97. The van der Waals surface area contributed by atoms with Gasteiger partial charge < -0.3 is 16.2 Å². The van der Waals surface area contributed by atoms with E-state index in [1.807, 2.05) is 0 Å². The van der Waals surface area contributed by atoms with E-state index < -0.39 is 5.97 Å². The average Bonchev–Trinajstić information content (AvgIpc) is 2.92. The number of carbonyl (C=O) groups is 1. The first-order valence-corrected chi connectivity index (χ1v) is 8.28. The highest BCUT2D eigenvalue weighted by atomic mass is 16.4. The molecule has 4 unspecified atom stereocenters. The lowest BCUT2D eigenvalue weighted by atomic mass is 9.52. The van der Waals surface area contributed by atoms with Crippen molar-refractivity contribution in [2.75, 3.05) is 13.6 Å². The first kappa shape index (κ1) is 15.4. The fourth-order valence-electron chi connectivity index (χ4n) is 5.78. The third-order valence-electron chi connectivity index (χ3n) is 6.97. The molecule has 0 aromatic carbocycles. The molecule has 22 heavy (non-hydrogen) atoms. The Morgan fingerprint density at radius 1 is 1.50 bits per heavy atom. The maximum absolute atomic E-state index is 11.6. The predicted octanol–water partition coefficient (Wildman–Crippen LogP) is 2.14. The van der Waals surface area contributed by atoms with E-state index in [-0.39, 0.29) is 10.8 Å². The van der Waals surface area contributed by atoms with Gasteiger partial charge in [0.05, 0.1) is 0 Å². The molecule has 0 heterocycles. The second-order valence-corrected chi connectivity index (χ2v) is 7.49. The monoisotopic (exact) mass is 305 g/mol. The highest BCUT2D eigenvalue weighted by Gasteiger charge is 2.66. The number of carboxylic acid groups (broad SMARTS) is 1. The number of nitrogens with zero attached hydrogens (tertiary/aromatic N) is 1. The summed E-state index contributed by atoms with van der Waals surface area (Å²) >= 11 is 0. The van der Waals surface area contributed by atoms with E-state index in [1.165, 1.54) is 18.4 Å². The van der Waals surface area contributed by atoms with Crippen LogP contribution in [0.15, 0.2) is 16.1 Å². The van der Waals surface area contributed by atoms with Crippen LogP contribution in [0, 0.1) is 22.7 Å². The summed E-state index contributed by atoms with van der Waals surface area (Å²) in [5, 5.41) is 12.9. The standard InChI is InChI=1S/C17H27N3O2/c1-10-4-5-11-8-13-12(14(21)22)6-7-17(10,13)16(11,2)9-20-15(18)19-3/h10-11H,4-9H2,1-3H3,(H,21,22)(H3,18,19,20). The molecule has 5 nitrogen and oxygen atoms in total. The number of fused-ring (bicyclic) bond motifs is 1. The van der Waals surface area contributed by atoms with Crippen LogP contribution in [-0.2, 0) is 4.79 Å². The number of aliphatic carboxylic acids is 1. The van der Waals surface area contributed by atoms with Crippen molar-refractivity contribution >= 4 is 11.9 Å². The van der Waals surface area contributed by atoms with Crippen LogP contribution in [0.2, 0.25) is 0 Å². The van der Waals surface area contributed by atoms with Gasteiger partial charge in [0.25, 0.3) is 0 Å².